The molecule has 7 heteroatoms. The van der Waals surface area contributed by atoms with Crippen molar-refractivity contribution in [3.05, 3.63) is 50.1 Å². The molecule has 5 nitrogen and oxygen atoms in total. The van der Waals surface area contributed by atoms with Gasteiger partial charge >= 0.3 is 5.97 Å². The number of anilines is 1. The fraction of sp³-hybridized carbons (Fsp3) is 0. The second-order valence-corrected chi connectivity index (χ2v) is 5.72. The molecule has 1 heterocycles. The van der Waals surface area contributed by atoms with Crippen LogP contribution in [0.5, 0.6) is 0 Å². The first kappa shape index (κ1) is 14.2. The second-order valence-electron chi connectivity index (χ2n) is 3.72. The summed E-state index contributed by atoms with van der Waals surface area (Å²) in [4.78, 5) is 23.1. The van der Waals surface area contributed by atoms with Gasteiger partial charge in [0.2, 0.25) is 0 Å². The SMILES string of the molecule is N#Cc1cc(Br)ccc1NC(=O)c1ccc(C(=O)O)s1. The van der Waals surface area contributed by atoms with Crippen molar-refractivity contribution in [1.29, 1.82) is 5.26 Å². The van der Waals surface area contributed by atoms with Gasteiger partial charge in [-0.1, -0.05) is 15.9 Å². The van der Waals surface area contributed by atoms with Crippen molar-refractivity contribution in [2.45, 2.75) is 0 Å². The lowest BCUT2D eigenvalue weighted by atomic mass is 10.2. The van der Waals surface area contributed by atoms with Crippen molar-refractivity contribution in [2.24, 2.45) is 0 Å². The number of nitrogens with one attached hydrogen (secondary N) is 1. The molecule has 0 bridgehead atoms. The number of carboxylic acid groups (broad SMARTS) is 1. The number of hydrogen-bond acceptors (Lipinski definition) is 4. The Morgan fingerprint density at radius 1 is 1.25 bits per heavy atom. The molecule has 20 heavy (non-hydrogen) atoms. The summed E-state index contributed by atoms with van der Waals surface area (Å²) in [7, 11) is 0. The van der Waals surface area contributed by atoms with Gasteiger partial charge in [0.25, 0.3) is 5.91 Å². The van der Waals surface area contributed by atoms with Crippen molar-refractivity contribution in [3.8, 4) is 6.07 Å². The number of benzene rings is 1. The number of aromatic carboxylic acids is 1. The summed E-state index contributed by atoms with van der Waals surface area (Å²) in [5, 5.41) is 20.4. The molecule has 0 spiro atoms. The highest BCUT2D eigenvalue weighted by molar-refractivity contribution is 9.10. The Kier molecular flexibility index (Phi) is 4.17. The zero-order valence-corrected chi connectivity index (χ0v) is 12.3. The molecule has 2 N–H and O–H groups in total. The first-order chi connectivity index (χ1) is 9.51. The zero-order valence-electron chi connectivity index (χ0n) is 9.88. The van der Waals surface area contributed by atoms with Gasteiger partial charge in [-0.2, -0.15) is 5.26 Å². The van der Waals surface area contributed by atoms with Crippen molar-refractivity contribution < 1.29 is 14.7 Å². The molecule has 100 valence electrons. The Morgan fingerprint density at radius 3 is 2.55 bits per heavy atom. The highest BCUT2D eigenvalue weighted by atomic mass is 79.9. The molecule has 0 atom stereocenters. The number of rotatable bonds is 3. The minimum Gasteiger partial charge on any atom is -0.477 e. The van der Waals surface area contributed by atoms with Crippen LogP contribution in [0.4, 0.5) is 5.69 Å². The fourth-order valence-corrected chi connectivity index (χ4v) is 2.58. The molecular formula is C13H7BrN2O3S. The number of nitrogens with zero attached hydrogens (tertiary/aromatic N) is 1. The van der Waals surface area contributed by atoms with Crippen LogP contribution in [0.3, 0.4) is 0 Å². The third kappa shape index (κ3) is 3.04. The van der Waals surface area contributed by atoms with E-state index < -0.39 is 11.9 Å². The van der Waals surface area contributed by atoms with E-state index in [0.29, 0.717) is 11.3 Å². The van der Waals surface area contributed by atoms with Crippen LogP contribution in [0.1, 0.15) is 24.9 Å². The molecular weight excluding hydrogens is 344 g/mol. The van der Waals surface area contributed by atoms with Crippen LogP contribution in [-0.2, 0) is 0 Å². The van der Waals surface area contributed by atoms with Gasteiger partial charge in [-0.15, -0.1) is 11.3 Å². The summed E-state index contributed by atoms with van der Waals surface area (Å²) in [5.74, 6) is -1.52. The average molecular weight is 351 g/mol. The predicted octanol–water partition coefficient (Wildman–Crippen LogP) is 3.33. The Labute approximate surface area is 126 Å². The Bertz CT molecular complexity index is 733. The fourth-order valence-electron chi connectivity index (χ4n) is 1.48. The van der Waals surface area contributed by atoms with Crippen LogP contribution in [0.15, 0.2) is 34.8 Å². The van der Waals surface area contributed by atoms with Crippen LogP contribution >= 0.6 is 27.3 Å². The van der Waals surface area contributed by atoms with Crippen molar-refractivity contribution in [3.63, 3.8) is 0 Å². The molecule has 2 rings (SSSR count). The zero-order chi connectivity index (χ0) is 14.7. The van der Waals surface area contributed by atoms with Crippen LogP contribution in [0.2, 0.25) is 0 Å². The van der Waals surface area contributed by atoms with Crippen LogP contribution in [-0.4, -0.2) is 17.0 Å². The van der Waals surface area contributed by atoms with E-state index in [1.54, 1.807) is 18.2 Å². The number of carbonyl (C=O) groups excluding carboxylic acids is 1. The second kappa shape index (κ2) is 5.86. The molecule has 0 unspecified atom stereocenters. The van der Waals surface area contributed by atoms with Gasteiger partial charge in [0.15, 0.2) is 0 Å². The number of amides is 1. The largest absolute Gasteiger partial charge is 0.477 e. The molecule has 0 aliphatic rings. The molecule has 0 aliphatic heterocycles. The third-order valence-electron chi connectivity index (χ3n) is 2.39. The topological polar surface area (TPSA) is 90.2 Å². The normalized spacial score (nSPS) is 9.80. The van der Waals surface area contributed by atoms with Gasteiger partial charge in [-0.3, -0.25) is 4.79 Å². The van der Waals surface area contributed by atoms with Gasteiger partial charge < -0.3 is 10.4 Å². The van der Waals surface area contributed by atoms with Gasteiger partial charge in [0.1, 0.15) is 10.9 Å². The number of hydrogen-bond donors (Lipinski definition) is 2. The van der Waals surface area contributed by atoms with Gasteiger partial charge in [0.05, 0.1) is 16.1 Å². The van der Waals surface area contributed by atoms with E-state index >= 15 is 0 Å². The van der Waals surface area contributed by atoms with Crippen LogP contribution in [0, 0.1) is 11.3 Å². The van der Waals surface area contributed by atoms with E-state index in [0.717, 1.165) is 15.8 Å². The first-order valence-corrected chi connectivity index (χ1v) is 6.96. The molecule has 1 aromatic carbocycles. The minimum absolute atomic E-state index is 0.0893. The van der Waals surface area contributed by atoms with E-state index in [1.807, 2.05) is 6.07 Å². The number of thiophene rings is 1. The lowest BCUT2D eigenvalue weighted by molar-refractivity contribution is 0.0702. The van der Waals surface area contributed by atoms with Crippen molar-refractivity contribution in [2.75, 3.05) is 5.32 Å². The quantitative estimate of drug-likeness (QED) is 0.888. The summed E-state index contributed by atoms with van der Waals surface area (Å²) >= 11 is 4.12. The average Bonchev–Trinajstić information content (AvgIpc) is 2.90. The molecule has 1 aromatic heterocycles. The lowest BCUT2D eigenvalue weighted by Gasteiger charge is -2.05. The first-order valence-electron chi connectivity index (χ1n) is 5.35. The van der Waals surface area contributed by atoms with Crippen molar-refractivity contribution in [1.82, 2.24) is 0 Å². The monoisotopic (exact) mass is 350 g/mol. The molecule has 0 aliphatic carbocycles. The smallest absolute Gasteiger partial charge is 0.345 e. The van der Waals surface area contributed by atoms with E-state index in [-0.39, 0.29) is 9.75 Å². The predicted molar refractivity (Wildman–Crippen MR) is 78.1 cm³/mol. The van der Waals surface area contributed by atoms with Crippen molar-refractivity contribution >= 4 is 44.8 Å². The van der Waals surface area contributed by atoms with Gasteiger partial charge in [-0.05, 0) is 30.3 Å². The summed E-state index contributed by atoms with van der Waals surface area (Å²) in [6.07, 6.45) is 0. The molecule has 0 radical (unpaired) electrons. The number of carbonyl (C=O) groups is 2. The van der Waals surface area contributed by atoms with Gasteiger partial charge in [0, 0.05) is 4.47 Å². The maximum absolute atomic E-state index is 12.0. The van der Waals surface area contributed by atoms with E-state index in [4.69, 9.17) is 10.4 Å². The lowest BCUT2D eigenvalue weighted by Crippen LogP contribution is -2.11. The highest BCUT2D eigenvalue weighted by Gasteiger charge is 2.14. The van der Waals surface area contributed by atoms with Gasteiger partial charge in [-0.25, -0.2) is 4.79 Å². The summed E-state index contributed by atoms with van der Waals surface area (Å²) in [6, 6.07) is 9.69. The Balaban J connectivity index is 2.23. The van der Waals surface area contributed by atoms with E-state index in [2.05, 4.69) is 21.2 Å². The van der Waals surface area contributed by atoms with E-state index in [1.165, 1.54) is 12.1 Å². The number of carboxylic acids is 1. The minimum atomic E-state index is -1.07. The highest BCUT2D eigenvalue weighted by Crippen LogP contribution is 2.22. The Hall–Kier alpha value is -2.17. The molecule has 0 saturated carbocycles. The number of halogens is 1. The maximum atomic E-state index is 12.0. The number of nitriles is 1. The Morgan fingerprint density at radius 2 is 1.95 bits per heavy atom. The molecule has 2 aromatic rings. The molecule has 0 saturated heterocycles. The summed E-state index contributed by atoms with van der Waals surface area (Å²) < 4.78 is 0.733. The maximum Gasteiger partial charge on any atom is 0.345 e. The summed E-state index contributed by atoms with van der Waals surface area (Å²) in [6.45, 7) is 0. The molecule has 1 amide bonds. The van der Waals surface area contributed by atoms with Crippen LogP contribution < -0.4 is 5.32 Å². The van der Waals surface area contributed by atoms with E-state index in [9.17, 15) is 9.59 Å². The molecule has 0 fully saturated rings. The summed E-state index contributed by atoms with van der Waals surface area (Å²) in [5.41, 5.74) is 0.703. The van der Waals surface area contributed by atoms with Crippen LogP contribution in [0.25, 0.3) is 0 Å². The standard InChI is InChI=1S/C13H7BrN2O3S/c14-8-1-2-9(7(5-8)6-15)16-12(17)10-3-4-11(20-10)13(18)19/h1-5H,(H,16,17)(H,18,19). The third-order valence-corrected chi connectivity index (χ3v) is 3.96.